The van der Waals surface area contributed by atoms with Gasteiger partial charge in [0.15, 0.2) is 0 Å². The van der Waals surface area contributed by atoms with Crippen LogP contribution in [-0.2, 0) is 11.3 Å². The third-order valence-corrected chi connectivity index (χ3v) is 2.02. The Kier molecular flexibility index (Phi) is 3.79. The first-order valence-corrected chi connectivity index (χ1v) is 4.87. The fraction of sp³-hybridized carbons (Fsp3) is 0.667. The topological polar surface area (TPSA) is 85.8 Å². The molecule has 1 amide bonds. The summed E-state index contributed by atoms with van der Waals surface area (Å²) < 4.78 is 1.62. The van der Waals surface area contributed by atoms with E-state index in [1.165, 1.54) is 6.33 Å². The van der Waals surface area contributed by atoms with Gasteiger partial charge in [0.2, 0.25) is 5.91 Å². The van der Waals surface area contributed by atoms with Crippen LogP contribution in [0.3, 0.4) is 0 Å². The summed E-state index contributed by atoms with van der Waals surface area (Å²) in [4.78, 5) is 15.3. The Bertz CT molecular complexity index is 306. The van der Waals surface area contributed by atoms with E-state index in [9.17, 15) is 4.79 Å². The van der Waals surface area contributed by atoms with E-state index in [1.807, 2.05) is 13.8 Å². The first-order valence-electron chi connectivity index (χ1n) is 4.87. The Balaban J connectivity index is 2.31. The van der Waals surface area contributed by atoms with Gasteiger partial charge in [-0.3, -0.25) is 9.48 Å². The van der Waals surface area contributed by atoms with E-state index < -0.39 is 0 Å². The first-order chi connectivity index (χ1) is 7.03. The van der Waals surface area contributed by atoms with Crippen LogP contribution in [0.1, 0.15) is 20.3 Å². The van der Waals surface area contributed by atoms with Crippen molar-refractivity contribution in [3.8, 4) is 0 Å². The van der Waals surface area contributed by atoms with Gasteiger partial charge in [-0.15, -0.1) is 0 Å². The molecular formula is C9H17N5O. The van der Waals surface area contributed by atoms with Crippen LogP contribution in [0.15, 0.2) is 12.7 Å². The second-order valence-corrected chi connectivity index (χ2v) is 4.04. The fourth-order valence-corrected chi connectivity index (χ4v) is 1.06. The highest BCUT2D eigenvalue weighted by Crippen LogP contribution is 1.99. The summed E-state index contributed by atoms with van der Waals surface area (Å²) >= 11 is 0. The molecule has 0 bridgehead atoms. The Morgan fingerprint density at radius 2 is 2.33 bits per heavy atom. The number of nitrogens with two attached hydrogens (primary N) is 1. The zero-order valence-electron chi connectivity index (χ0n) is 9.10. The normalized spacial score (nSPS) is 11.4. The molecule has 0 unspecified atom stereocenters. The Morgan fingerprint density at radius 3 is 2.87 bits per heavy atom. The maximum Gasteiger partial charge on any atom is 0.222 e. The molecule has 3 N–H and O–H groups in total. The Morgan fingerprint density at radius 1 is 1.60 bits per heavy atom. The number of rotatable bonds is 5. The van der Waals surface area contributed by atoms with Gasteiger partial charge in [0, 0.05) is 18.5 Å². The molecule has 0 aromatic carbocycles. The predicted octanol–water partition coefficient (Wildman–Crippen LogP) is -0.478. The van der Waals surface area contributed by atoms with Crippen molar-refractivity contribution < 1.29 is 4.79 Å². The van der Waals surface area contributed by atoms with Crippen molar-refractivity contribution in [2.75, 3.05) is 6.54 Å². The number of nitrogens with zero attached hydrogens (tertiary/aromatic N) is 3. The van der Waals surface area contributed by atoms with Crippen molar-refractivity contribution in [2.45, 2.75) is 32.4 Å². The molecule has 1 aromatic heterocycles. The van der Waals surface area contributed by atoms with Gasteiger partial charge in [-0.05, 0) is 13.8 Å². The number of carbonyl (C=O) groups excluding carboxylic acids is 1. The van der Waals surface area contributed by atoms with Crippen LogP contribution in [0.4, 0.5) is 0 Å². The molecule has 0 saturated heterocycles. The van der Waals surface area contributed by atoms with E-state index in [0.717, 1.165) is 0 Å². The van der Waals surface area contributed by atoms with Crippen molar-refractivity contribution in [1.82, 2.24) is 20.1 Å². The van der Waals surface area contributed by atoms with Crippen LogP contribution in [-0.4, -0.2) is 32.8 Å². The van der Waals surface area contributed by atoms with Crippen molar-refractivity contribution >= 4 is 5.91 Å². The minimum atomic E-state index is -0.348. The quantitative estimate of drug-likeness (QED) is 0.689. The molecule has 6 nitrogen and oxygen atoms in total. The molecule has 0 aliphatic heterocycles. The standard InChI is InChI=1S/C9H17N5O/c1-9(2,5-10)13-8(15)3-4-14-7-11-6-12-14/h6-7H,3-5,10H2,1-2H3,(H,13,15). The summed E-state index contributed by atoms with van der Waals surface area (Å²) in [6.07, 6.45) is 3.41. The second kappa shape index (κ2) is 4.88. The summed E-state index contributed by atoms with van der Waals surface area (Å²) in [6, 6.07) is 0. The summed E-state index contributed by atoms with van der Waals surface area (Å²) in [5.41, 5.74) is 5.16. The average Bonchev–Trinajstić information content (AvgIpc) is 2.66. The summed E-state index contributed by atoms with van der Waals surface area (Å²) in [7, 11) is 0. The number of aryl methyl sites for hydroxylation is 1. The maximum absolute atomic E-state index is 11.5. The van der Waals surface area contributed by atoms with E-state index in [-0.39, 0.29) is 11.4 Å². The molecule has 0 fully saturated rings. The van der Waals surface area contributed by atoms with Crippen molar-refractivity contribution in [3.63, 3.8) is 0 Å². The molecule has 6 heteroatoms. The minimum absolute atomic E-state index is 0.0269. The molecule has 0 radical (unpaired) electrons. The second-order valence-electron chi connectivity index (χ2n) is 4.04. The number of hydrogen-bond acceptors (Lipinski definition) is 4. The fourth-order valence-electron chi connectivity index (χ4n) is 1.06. The summed E-state index contributed by atoms with van der Waals surface area (Å²) in [5.74, 6) is -0.0269. The largest absolute Gasteiger partial charge is 0.350 e. The average molecular weight is 211 g/mol. The van der Waals surface area contributed by atoms with Gasteiger partial charge >= 0.3 is 0 Å². The van der Waals surface area contributed by atoms with E-state index in [1.54, 1.807) is 11.0 Å². The Labute approximate surface area is 88.9 Å². The number of hydrogen-bond donors (Lipinski definition) is 2. The molecular weight excluding hydrogens is 194 g/mol. The lowest BCUT2D eigenvalue weighted by Crippen LogP contribution is -2.49. The van der Waals surface area contributed by atoms with Crippen LogP contribution in [0.5, 0.6) is 0 Å². The molecule has 0 aliphatic carbocycles. The SMILES string of the molecule is CC(C)(CN)NC(=O)CCn1cncn1. The molecule has 0 atom stereocenters. The van der Waals surface area contributed by atoms with Gasteiger partial charge in [-0.1, -0.05) is 0 Å². The lowest BCUT2D eigenvalue weighted by atomic mass is 10.1. The monoisotopic (exact) mass is 211 g/mol. The van der Waals surface area contributed by atoms with Crippen molar-refractivity contribution in [2.24, 2.45) is 5.73 Å². The molecule has 15 heavy (non-hydrogen) atoms. The third-order valence-electron chi connectivity index (χ3n) is 2.02. The number of nitrogens with one attached hydrogen (secondary N) is 1. The minimum Gasteiger partial charge on any atom is -0.350 e. The molecule has 84 valence electrons. The van der Waals surface area contributed by atoms with E-state index >= 15 is 0 Å². The van der Waals surface area contributed by atoms with E-state index in [0.29, 0.717) is 19.5 Å². The first kappa shape index (κ1) is 11.6. The molecule has 1 heterocycles. The van der Waals surface area contributed by atoms with Crippen molar-refractivity contribution in [1.29, 1.82) is 0 Å². The van der Waals surface area contributed by atoms with E-state index in [4.69, 9.17) is 5.73 Å². The smallest absolute Gasteiger partial charge is 0.222 e. The number of aromatic nitrogens is 3. The lowest BCUT2D eigenvalue weighted by Gasteiger charge is -2.24. The molecule has 0 spiro atoms. The van der Waals surface area contributed by atoms with Gasteiger partial charge in [-0.2, -0.15) is 5.10 Å². The molecule has 1 rings (SSSR count). The lowest BCUT2D eigenvalue weighted by molar-refractivity contribution is -0.122. The van der Waals surface area contributed by atoms with Crippen LogP contribution in [0, 0.1) is 0 Å². The third kappa shape index (κ3) is 4.07. The van der Waals surface area contributed by atoms with Crippen LogP contribution in [0.25, 0.3) is 0 Å². The van der Waals surface area contributed by atoms with E-state index in [2.05, 4.69) is 15.4 Å². The summed E-state index contributed by atoms with van der Waals surface area (Å²) in [5, 5.41) is 6.75. The number of carbonyl (C=O) groups is 1. The molecule has 0 aliphatic rings. The predicted molar refractivity (Wildman–Crippen MR) is 55.9 cm³/mol. The van der Waals surface area contributed by atoms with Crippen LogP contribution in [0.2, 0.25) is 0 Å². The highest BCUT2D eigenvalue weighted by Gasteiger charge is 2.17. The van der Waals surface area contributed by atoms with Crippen LogP contribution >= 0.6 is 0 Å². The van der Waals surface area contributed by atoms with Gasteiger partial charge in [-0.25, -0.2) is 4.98 Å². The number of amides is 1. The highest BCUT2D eigenvalue weighted by molar-refractivity contribution is 5.76. The molecule has 0 saturated carbocycles. The van der Waals surface area contributed by atoms with Gasteiger partial charge in [0.25, 0.3) is 0 Å². The zero-order valence-corrected chi connectivity index (χ0v) is 9.10. The summed E-state index contributed by atoms with van der Waals surface area (Å²) in [6.45, 7) is 4.73. The molecule has 1 aromatic rings. The van der Waals surface area contributed by atoms with Gasteiger partial charge in [0.1, 0.15) is 12.7 Å². The Hall–Kier alpha value is -1.43. The highest BCUT2D eigenvalue weighted by atomic mass is 16.1. The van der Waals surface area contributed by atoms with Gasteiger partial charge in [0.05, 0.1) is 6.54 Å². The van der Waals surface area contributed by atoms with Crippen LogP contribution < -0.4 is 11.1 Å². The van der Waals surface area contributed by atoms with Crippen molar-refractivity contribution in [3.05, 3.63) is 12.7 Å². The van der Waals surface area contributed by atoms with Gasteiger partial charge < -0.3 is 11.1 Å². The zero-order chi connectivity index (χ0) is 11.3. The maximum atomic E-state index is 11.5.